The van der Waals surface area contributed by atoms with Gasteiger partial charge in [0.05, 0.1) is 55.3 Å². The third-order valence-electron chi connectivity index (χ3n) is 11.3. The van der Waals surface area contributed by atoms with Crippen LogP contribution in [0.3, 0.4) is 0 Å². The molecule has 17 heteroatoms. The van der Waals surface area contributed by atoms with Crippen molar-refractivity contribution in [1.29, 1.82) is 0 Å². The summed E-state index contributed by atoms with van der Waals surface area (Å²) in [7, 11) is -9.06. The molecule has 4 N–H and O–H groups in total. The molecule has 0 spiro atoms. The summed E-state index contributed by atoms with van der Waals surface area (Å²) in [5.74, 6) is 0. The van der Waals surface area contributed by atoms with Gasteiger partial charge in [-0.1, -0.05) is 24.3 Å². The molecule has 8 aromatic rings. The zero-order valence-corrected chi connectivity index (χ0v) is 40.7. The van der Waals surface area contributed by atoms with E-state index >= 15 is 0 Å². The van der Waals surface area contributed by atoms with E-state index in [2.05, 4.69) is 29.9 Å². The molecular formula is C52H34N8O6S2Zn. The van der Waals surface area contributed by atoms with Gasteiger partial charge in [0.1, 0.15) is 20.2 Å². The third kappa shape index (κ3) is 9.76. The number of rotatable bonds is 4. The molecule has 6 aromatic heterocycles. The number of hydrogen-bond acceptors (Lipinski definition) is 10. The Labute approximate surface area is 406 Å². The van der Waals surface area contributed by atoms with Crippen molar-refractivity contribution in [3.05, 3.63) is 179 Å². The van der Waals surface area contributed by atoms with E-state index in [1.807, 2.05) is 134 Å². The normalized spacial score (nSPS) is 12.7. The van der Waals surface area contributed by atoms with Crippen molar-refractivity contribution >= 4 is 113 Å². The number of nitrogens with zero attached hydrogens (tertiary/aromatic N) is 4. The molecule has 332 valence electrons. The number of H-pyrrole nitrogens is 4. The molecule has 69 heavy (non-hydrogen) atoms. The zero-order valence-electron chi connectivity index (χ0n) is 36.1. The van der Waals surface area contributed by atoms with Crippen LogP contribution in [0.2, 0.25) is 0 Å². The first-order chi connectivity index (χ1) is 32.8. The first-order valence-electron chi connectivity index (χ1n) is 21.1. The molecule has 0 radical (unpaired) electrons. The van der Waals surface area contributed by atoms with Gasteiger partial charge in [-0.2, -0.15) is 0 Å². The summed E-state index contributed by atoms with van der Waals surface area (Å²) >= 11 is 0. The molecule has 4 aliphatic rings. The first-order valence-corrected chi connectivity index (χ1v) is 23.9. The van der Waals surface area contributed by atoms with Crippen molar-refractivity contribution in [2.75, 3.05) is 0 Å². The minimum absolute atomic E-state index is 0. The van der Waals surface area contributed by atoms with E-state index in [0.29, 0.717) is 0 Å². The minimum Gasteiger partial charge on any atom is -0.744 e. The summed E-state index contributed by atoms with van der Waals surface area (Å²) in [6.07, 6.45) is 15.5. The Hall–Kier alpha value is -7.92. The van der Waals surface area contributed by atoms with Crippen molar-refractivity contribution in [3.63, 3.8) is 0 Å². The molecule has 4 aliphatic heterocycles. The predicted octanol–water partition coefficient (Wildman–Crippen LogP) is 10.5. The van der Waals surface area contributed by atoms with Gasteiger partial charge in [-0.3, -0.25) is 0 Å². The maximum Gasteiger partial charge on any atom is 2.00 e. The summed E-state index contributed by atoms with van der Waals surface area (Å²) in [5.41, 5.74) is 16.4. The molecule has 16 bridgehead atoms. The van der Waals surface area contributed by atoms with Crippen LogP contribution >= 0.6 is 0 Å². The molecule has 0 saturated carbocycles. The van der Waals surface area contributed by atoms with Gasteiger partial charge < -0.3 is 29.0 Å². The van der Waals surface area contributed by atoms with Crippen molar-refractivity contribution < 1.29 is 45.4 Å². The fourth-order valence-electron chi connectivity index (χ4n) is 8.20. The van der Waals surface area contributed by atoms with Crippen molar-refractivity contribution in [2.45, 2.75) is 9.79 Å². The number of fused-ring (bicyclic) bond motifs is 16. The molecule has 0 fully saturated rings. The minimum atomic E-state index is -4.53. The number of nitrogens with one attached hydrogen (secondary N) is 4. The van der Waals surface area contributed by atoms with Gasteiger partial charge in [-0.05, 0) is 169 Å². The van der Waals surface area contributed by atoms with Crippen molar-refractivity contribution in [2.24, 2.45) is 0 Å². The van der Waals surface area contributed by atoms with E-state index < -0.39 is 20.2 Å². The van der Waals surface area contributed by atoms with Crippen LogP contribution in [-0.2, 0) is 39.7 Å². The Balaban J connectivity index is 0.000000158. The molecule has 0 amide bonds. The molecule has 0 unspecified atom stereocenters. The summed E-state index contributed by atoms with van der Waals surface area (Å²) in [4.78, 5) is 31.9. The van der Waals surface area contributed by atoms with Crippen LogP contribution in [0.15, 0.2) is 143 Å². The SMILES string of the molecule is O=S(=O)([O-])c1ccc(-c2c3nc(cc4ccc(cc5nc(cc6ccc2[nH]6)C=C5)[nH]4)C=C3)cc1.O=S(=O)([O-])c1ccc(-c2c3nc(cc4ccc(cc5nc(cc6ccc2[nH]6)C=C5)[nH]4)C=C3)cc1.[Zn+2]. The summed E-state index contributed by atoms with van der Waals surface area (Å²) in [6.45, 7) is 0. The van der Waals surface area contributed by atoms with Crippen LogP contribution in [0.4, 0.5) is 0 Å². The molecular weight excluding hydrogens is 962 g/mol. The average Bonchev–Trinajstić information content (AvgIpc) is 4.16. The van der Waals surface area contributed by atoms with E-state index in [1.54, 1.807) is 24.3 Å². The summed E-state index contributed by atoms with van der Waals surface area (Å²) < 4.78 is 68.3. The van der Waals surface area contributed by atoms with Gasteiger partial charge in [-0.15, -0.1) is 0 Å². The molecule has 0 saturated heterocycles. The zero-order chi connectivity index (χ0) is 46.6. The quantitative estimate of drug-likeness (QED) is 0.0963. The average molecular weight is 996 g/mol. The topological polar surface area (TPSA) is 229 Å². The summed E-state index contributed by atoms with van der Waals surface area (Å²) in [6, 6.07) is 39.3. The number of benzene rings is 2. The Morgan fingerprint density at radius 3 is 0.928 bits per heavy atom. The molecule has 2 aromatic carbocycles. The maximum absolute atomic E-state index is 11.4. The number of aromatic nitrogens is 8. The number of aromatic amines is 4. The molecule has 14 nitrogen and oxygen atoms in total. The standard InChI is InChI=1S/2C26H18N4O3S.Zn/c2*31-34(32,33)23-9-1-16(2-10-23)26-24-11-7-21(29-24)14-19-5-3-17(27-19)13-18-4-6-20(28-18)15-22-8-12-25(26)30-22;/h2*1-15,27,30H,(H,31,32,33);/q;;+2/p-2. The largest absolute Gasteiger partial charge is 2.00 e. The van der Waals surface area contributed by atoms with Gasteiger partial charge in [-0.25, -0.2) is 36.8 Å². The van der Waals surface area contributed by atoms with E-state index in [9.17, 15) is 25.9 Å². The van der Waals surface area contributed by atoms with E-state index in [0.717, 1.165) is 112 Å². The predicted molar refractivity (Wildman–Crippen MR) is 265 cm³/mol. The van der Waals surface area contributed by atoms with Crippen molar-refractivity contribution in [3.8, 4) is 22.3 Å². The molecule has 10 heterocycles. The van der Waals surface area contributed by atoms with Crippen LogP contribution in [-0.4, -0.2) is 65.8 Å². The van der Waals surface area contributed by atoms with Crippen LogP contribution in [0.5, 0.6) is 0 Å². The molecule has 0 atom stereocenters. The maximum atomic E-state index is 11.4. The van der Waals surface area contributed by atoms with E-state index in [1.165, 1.54) is 24.3 Å². The fourth-order valence-corrected chi connectivity index (χ4v) is 9.14. The smallest absolute Gasteiger partial charge is 0.744 e. The Bertz CT molecular complexity index is 3830. The number of hydrogen-bond donors (Lipinski definition) is 4. The fraction of sp³-hybridized carbons (Fsp3) is 0. The van der Waals surface area contributed by atoms with Gasteiger partial charge in [0.25, 0.3) is 0 Å². The Morgan fingerprint density at radius 1 is 0.333 bits per heavy atom. The van der Waals surface area contributed by atoms with Gasteiger partial charge in [0.15, 0.2) is 0 Å². The second-order valence-corrected chi connectivity index (χ2v) is 18.8. The van der Waals surface area contributed by atoms with Crippen LogP contribution in [0.1, 0.15) is 45.6 Å². The Kier molecular flexibility index (Phi) is 11.7. The van der Waals surface area contributed by atoms with Gasteiger partial charge >= 0.3 is 19.5 Å². The summed E-state index contributed by atoms with van der Waals surface area (Å²) in [5, 5.41) is 0. The van der Waals surface area contributed by atoms with E-state index in [-0.39, 0.29) is 29.3 Å². The van der Waals surface area contributed by atoms with Crippen LogP contribution in [0.25, 0.3) is 115 Å². The van der Waals surface area contributed by atoms with Crippen LogP contribution in [0, 0.1) is 0 Å². The molecule has 12 rings (SSSR count). The third-order valence-corrected chi connectivity index (χ3v) is 13.0. The first kappa shape index (κ1) is 44.9. The Morgan fingerprint density at radius 2 is 0.609 bits per heavy atom. The van der Waals surface area contributed by atoms with Gasteiger partial charge in [0.2, 0.25) is 0 Å². The van der Waals surface area contributed by atoms with Gasteiger partial charge in [0, 0.05) is 55.3 Å². The second-order valence-electron chi connectivity index (χ2n) is 16.1. The van der Waals surface area contributed by atoms with E-state index in [4.69, 9.17) is 9.97 Å². The monoisotopic (exact) mass is 994 g/mol. The second kappa shape index (κ2) is 18.0. The van der Waals surface area contributed by atoms with Crippen LogP contribution < -0.4 is 0 Å². The van der Waals surface area contributed by atoms with Crippen molar-refractivity contribution in [1.82, 2.24) is 39.9 Å². The molecule has 0 aliphatic carbocycles.